The quantitative estimate of drug-likeness (QED) is 0.448. The fraction of sp³-hybridized carbons (Fsp3) is 0.125. The van der Waals surface area contributed by atoms with Gasteiger partial charge in [0.1, 0.15) is 7.85 Å². The maximum Gasteiger partial charge on any atom is 0.113 e. The summed E-state index contributed by atoms with van der Waals surface area (Å²) in [6.07, 6.45) is 2.08. The Hall–Kier alpha value is -1.05. The summed E-state index contributed by atoms with van der Waals surface area (Å²) in [5, 5.41) is 6.84. The molecule has 1 rings (SSSR count). The lowest BCUT2D eigenvalue weighted by Gasteiger charge is -1.95. The molecule has 10 heavy (non-hydrogen) atoms. The van der Waals surface area contributed by atoms with E-state index in [2.05, 4.69) is 0 Å². The van der Waals surface area contributed by atoms with E-state index in [0.29, 0.717) is 6.42 Å². The number of benzene rings is 1. The molecule has 0 aromatic heterocycles. The van der Waals surface area contributed by atoms with Crippen LogP contribution in [0.1, 0.15) is 5.56 Å². The van der Waals surface area contributed by atoms with Crippen molar-refractivity contribution in [3.63, 3.8) is 0 Å². The van der Waals surface area contributed by atoms with E-state index >= 15 is 0 Å². The summed E-state index contributed by atoms with van der Waals surface area (Å²) >= 11 is 0. The van der Waals surface area contributed by atoms with Crippen LogP contribution in [0.5, 0.6) is 0 Å². The molecule has 2 radical (unpaired) electrons. The van der Waals surface area contributed by atoms with E-state index in [9.17, 15) is 0 Å². The summed E-state index contributed by atoms with van der Waals surface area (Å²) in [6, 6.07) is 7.55. The Bertz CT molecular complexity index is 215. The molecule has 0 saturated carbocycles. The van der Waals surface area contributed by atoms with E-state index in [1.807, 2.05) is 24.3 Å². The molecule has 48 valence electrons. The van der Waals surface area contributed by atoms with Crippen LogP contribution in [-0.2, 0) is 6.42 Å². The highest BCUT2D eigenvalue weighted by molar-refractivity contribution is 6.32. The van der Waals surface area contributed by atoms with Gasteiger partial charge < -0.3 is 5.41 Å². The SMILES string of the molecule is [B]c1ccc(CC=N)cc1. The van der Waals surface area contributed by atoms with E-state index in [-0.39, 0.29) is 0 Å². The molecule has 0 saturated heterocycles. The zero-order valence-electron chi connectivity index (χ0n) is 5.67. The minimum atomic E-state index is 0.695. The number of rotatable bonds is 2. The Labute approximate surface area is 62.0 Å². The molecule has 1 nitrogen and oxygen atoms in total. The second kappa shape index (κ2) is 3.21. The normalized spacial score (nSPS) is 9.20. The third-order valence-corrected chi connectivity index (χ3v) is 1.32. The van der Waals surface area contributed by atoms with E-state index in [1.54, 1.807) is 0 Å². The van der Waals surface area contributed by atoms with Crippen molar-refractivity contribution in [1.82, 2.24) is 0 Å². The van der Waals surface area contributed by atoms with Gasteiger partial charge in [-0.2, -0.15) is 0 Å². The van der Waals surface area contributed by atoms with Crippen molar-refractivity contribution < 1.29 is 0 Å². The average molecular weight is 129 g/mol. The van der Waals surface area contributed by atoms with Crippen molar-refractivity contribution >= 4 is 19.5 Å². The van der Waals surface area contributed by atoms with Gasteiger partial charge in [0.05, 0.1) is 0 Å². The van der Waals surface area contributed by atoms with E-state index in [1.165, 1.54) is 6.21 Å². The van der Waals surface area contributed by atoms with E-state index in [4.69, 9.17) is 13.3 Å². The Balaban J connectivity index is 2.78. The number of nitrogens with one attached hydrogen (secondary N) is 1. The van der Waals surface area contributed by atoms with Gasteiger partial charge in [-0.25, -0.2) is 0 Å². The van der Waals surface area contributed by atoms with Gasteiger partial charge in [-0.15, -0.1) is 0 Å². The van der Waals surface area contributed by atoms with Crippen LogP contribution in [0, 0.1) is 5.41 Å². The molecule has 0 unspecified atom stereocenters. The third-order valence-electron chi connectivity index (χ3n) is 1.32. The van der Waals surface area contributed by atoms with Crippen molar-refractivity contribution in [3.05, 3.63) is 29.8 Å². The molecule has 0 aliphatic heterocycles. The van der Waals surface area contributed by atoms with Crippen molar-refractivity contribution in [2.75, 3.05) is 0 Å². The van der Waals surface area contributed by atoms with Gasteiger partial charge >= 0.3 is 0 Å². The van der Waals surface area contributed by atoms with Gasteiger partial charge in [-0.05, 0) is 11.8 Å². The molecule has 2 heteroatoms. The van der Waals surface area contributed by atoms with Crippen molar-refractivity contribution in [3.8, 4) is 0 Å². The Morgan fingerprint density at radius 2 is 1.90 bits per heavy atom. The Morgan fingerprint density at radius 3 is 2.40 bits per heavy atom. The third kappa shape index (κ3) is 1.73. The van der Waals surface area contributed by atoms with Gasteiger partial charge in [0.25, 0.3) is 0 Å². The second-order valence-corrected chi connectivity index (χ2v) is 2.15. The smallest absolute Gasteiger partial charge is 0.113 e. The van der Waals surface area contributed by atoms with Crippen LogP contribution in [0.4, 0.5) is 0 Å². The van der Waals surface area contributed by atoms with Gasteiger partial charge in [0, 0.05) is 6.42 Å². The summed E-state index contributed by atoms with van der Waals surface area (Å²) in [4.78, 5) is 0. The first kappa shape index (κ1) is 7.07. The fourth-order valence-corrected chi connectivity index (χ4v) is 0.772. The average Bonchev–Trinajstić information content (AvgIpc) is 1.95. The zero-order chi connectivity index (χ0) is 7.40. The summed E-state index contributed by atoms with van der Waals surface area (Å²) < 4.78 is 0. The van der Waals surface area contributed by atoms with Crippen LogP contribution in [0.2, 0.25) is 0 Å². The van der Waals surface area contributed by atoms with E-state index < -0.39 is 0 Å². The van der Waals surface area contributed by atoms with Crippen LogP contribution in [0.15, 0.2) is 24.3 Å². The molecular formula is C8H8BN. The minimum Gasteiger partial charge on any atom is -0.313 e. The molecule has 0 spiro atoms. The summed E-state index contributed by atoms with van der Waals surface area (Å²) in [5.74, 6) is 0. The Morgan fingerprint density at radius 1 is 1.30 bits per heavy atom. The molecule has 0 atom stereocenters. The molecule has 1 aromatic carbocycles. The lowest BCUT2D eigenvalue weighted by atomic mass is 9.95. The summed E-state index contributed by atoms with van der Waals surface area (Å²) in [7, 11) is 5.47. The first-order valence-electron chi connectivity index (χ1n) is 3.16. The molecule has 1 aromatic rings. The molecule has 0 heterocycles. The van der Waals surface area contributed by atoms with Crippen molar-refractivity contribution in [1.29, 1.82) is 5.41 Å². The molecule has 1 N–H and O–H groups in total. The van der Waals surface area contributed by atoms with Crippen molar-refractivity contribution in [2.45, 2.75) is 6.42 Å². The monoisotopic (exact) mass is 129 g/mol. The molecule has 0 aliphatic rings. The van der Waals surface area contributed by atoms with Gasteiger partial charge in [-0.1, -0.05) is 29.7 Å². The highest BCUT2D eigenvalue weighted by Crippen LogP contribution is 1.94. The predicted octanol–water partition coefficient (Wildman–Crippen LogP) is 0.672. The van der Waals surface area contributed by atoms with Crippen molar-refractivity contribution in [2.24, 2.45) is 0 Å². The van der Waals surface area contributed by atoms with Crippen LogP contribution < -0.4 is 5.46 Å². The molecule has 0 fully saturated rings. The number of hydrogen-bond donors (Lipinski definition) is 1. The molecule has 0 amide bonds. The molecule has 0 aliphatic carbocycles. The predicted molar refractivity (Wildman–Crippen MR) is 44.3 cm³/mol. The molecule has 0 bridgehead atoms. The molecular weight excluding hydrogens is 121 g/mol. The lowest BCUT2D eigenvalue weighted by Crippen LogP contribution is -2.00. The Kier molecular flexibility index (Phi) is 2.27. The van der Waals surface area contributed by atoms with Crippen LogP contribution in [-0.4, -0.2) is 14.1 Å². The standard InChI is InChI=1S/C8H8BN/c9-8-3-1-7(2-4-8)5-6-10/h1-4,6,10H,5H2. The first-order valence-corrected chi connectivity index (χ1v) is 3.16. The maximum absolute atomic E-state index is 6.84. The lowest BCUT2D eigenvalue weighted by molar-refractivity contribution is 1.33. The van der Waals surface area contributed by atoms with Crippen LogP contribution in [0.25, 0.3) is 0 Å². The minimum absolute atomic E-state index is 0.695. The summed E-state index contributed by atoms with van der Waals surface area (Å²) in [6.45, 7) is 0. The highest BCUT2D eigenvalue weighted by atomic mass is 14.3. The van der Waals surface area contributed by atoms with Gasteiger partial charge in [0.15, 0.2) is 0 Å². The van der Waals surface area contributed by atoms with Gasteiger partial charge in [-0.3, -0.25) is 0 Å². The highest BCUT2D eigenvalue weighted by Gasteiger charge is 1.86. The largest absolute Gasteiger partial charge is 0.313 e. The first-order chi connectivity index (χ1) is 4.83. The van der Waals surface area contributed by atoms with E-state index in [0.717, 1.165) is 11.0 Å². The summed E-state index contributed by atoms with van der Waals surface area (Å²) in [5.41, 5.74) is 1.90. The van der Waals surface area contributed by atoms with Crippen LogP contribution >= 0.6 is 0 Å². The second-order valence-electron chi connectivity index (χ2n) is 2.15. The maximum atomic E-state index is 6.84. The fourth-order valence-electron chi connectivity index (χ4n) is 0.772. The topological polar surface area (TPSA) is 23.9 Å². The van der Waals surface area contributed by atoms with Crippen LogP contribution in [0.3, 0.4) is 0 Å². The van der Waals surface area contributed by atoms with Gasteiger partial charge in [0.2, 0.25) is 0 Å². The zero-order valence-corrected chi connectivity index (χ0v) is 5.67. The number of hydrogen-bond acceptors (Lipinski definition) is 1.